The van der Waals surface area contributed by atoms with Crippen LogP contribution in [-0.4, -0.2) is 12.2 Å². The van der Waals surface area contributed by atoms with Gasteiger partial charge in [0.15, 0.2) is 0 Å². The molecule has 0 rings (SSSR count). The summed E-state index contributed by atoms with van der Waals surface area (Å²) < 4.78 is 0. The number of carbonyl (C=O) groups excluding carboxylic acids is 1. The maximum Gasteiger partial charge on any atom is 0.331 e. The molecule has 0 aliphatic rings. The van der Waals surface area contributed by atoms with Crippen LogP contribution in [0.4, 0.5) is 0 Å². The number of carbonyl (C=O) groups is 1. The van der Waals surface area contributed by atoms with Gasteiger partial charge in [0.25, 0.3) is 0 Å². The number of nitrogens with zero attached hydrogens (tertiary/aromatic N) is 1. The fraction of sp³-hybridized carbons (Fsp3) is 0.778. The molecule has 0 radical (unpaired) electrons. The molecule has 0 spiro atoms. The standard InChI is InChI=1S/C9H17NO2/c1-3-4-5-6-7-8-10-12-9(2)11/h8H,3-7H2,1-2H3. The highest BCUT2D eigenvalue weighted by molar-refractivity contribution is 5.67. The van der Waals surface area contributed by atoms with Crippen LogP contribution >= 0.6 is 0 Å². The highest BCUT2D eigenvalue weighted by Crippen LogP contribution is 2.00. The van der Waals surface area contributed by atoms with Crippen molar-refractivity contribution in [1.29, 1.82) is 0 Å². The van der Waals surface area contributed by atoms with Crippen LogP contribution in [-0.2, 0) is 9.63 Å². The minimum atomic E-state index is -0.361. The van der Waals surface area contributed by atoms with Gasteiger partial charge in [-0.1, -0.05) is 31.3 Å². The topological polar surface area (TPSA) is 38.7 Å². The lowest BCUT2D eigenvalue weighted by Crippen LogP contribution is -1.90. The first kappa shape index (κ1) is 11.1. The Morgan fingerprint density at radius 1 is 1.42 bits per heavy atom. The Bertz CT molecular complexity index is 143. The Kier molecular flexibility index (Phi) is 7.65. The molecule has 0 aliphatic carbocycles. The van der Waals surface area contributed by atoms with Crippen molar-refractivity contribution in [3.8, 4) is 0 Å². The van der Waals surface area contributed by atoms with E-state index in [9.17, 15) is 4.79 Å². The summed E-state index contributed by atoms with van der Waals surface area (Å²) in [7, 11) is 0. The summed E-state index contributed by atoms with van der Waals surface area (Å²) >= 11 is 0. The minimum Gasteiger partial charge on any atom is -0.319 e. The summed E-state index contributed by atoms with van der Waals surface area (Å²) in [6.45, 7) is 3.52. The lowest BCUT2D eigenvalue weighted by Gasteiger charge is -1.93. The van der Waals surface area contributed by atoms with Crippen LogP contribution in [0, 0.1) is 0 Å². The van der Waals surface area contributed by atoms with Crippen LogP contribution < -0.4 is 0 Å². The van der Waals surface area contributed by atoms with E-state index in [1.54, 1.807) is 6.21 Å². The second-order valence-electron chi connectivity index (χ2n) is 2.72. The molecule has 0 aromatic heterocycles. The molecule has 0 heterocycles. The minimum absolute atomic E-state index is 0.361. The molecule has 0 saturated carbocycles. The molecule has 12 heavy (non-hydrogen) atoms. The van der Waals surface area contributed by atoms with Gasteiger partial charge in [-0.05, 0) is 12.8 Å². The fourth-order valence-corrected chi connectivity index (χ4v) is 0.827. The van der Waals surface area contributed by atoms with Crippen molar-refractivity contribution in [3.63, 3.8) is 0 Å². The third-order valence-corrected chi connectivity index (χ3v) is 1.44. The zero-order chi connectivity index (χ0) is 9.23. The van der Waals surface area contributed by atoms with Crippen LogP contribution in [0.1, 0.15) is 46.0 Å². The van der Waals surface area contributed by atoms with E-state index in [2.05, 4.69) is 16.9 Å². The maximum absolute atomic E-state index is 10.2. The van der Waals surface area contributed by atoms with E-state index in [1.165, 1.54) is 26.2 Å². The predicted molar refractivity (Wildman–Crippen MR) is 49.0 cm³/mol. The molecule has 3 heteroatoms. The van der Waals surface area contributed by atoms with Gasteiger partial charge in [-0.3, -0.25) is 0 Å². The van der Waals surface area contributed by atoms with E-state index in [0.717, 1.165) is 12.8 Å². The van der Waals surface area contributed by atoms with Crippen LogP contribution in [0.2, 0.25) is 0 Å². The zero-order valence-electron chi connectivity index (χ0n) is 7.88. The van der Waals surface area contributed by atoms with E-state index in [0.29, 0.717) is 0 Å². The largest absolute Gasteiger partial charge is 0.331 e. The SMILES string of the molecule is CCCCCCC=NOC(C)=O. The Morgan fingerprint density at radius 2 is 2.17 bits per heavy atom. The monoisotopic (exact) mass is 171 g/mol. The van der Waals surface area contributed by atoms with Crippen molar-refractivity contribution in [2.45, 2.75) is 46.0 Å². The number of rotatable bonds is 6. The Morgan fingerprint density at radius 3 is 2.75 bits per heavy atom. The Hall–Kier alpha value is -0.860. The van der Waals surface area contributed by atoms with Crippen molar-refractivity contribution >= 4 is 12.2 Å². The van der Waals surface area contributed by atoms with Crippen LogP contribution in [0.15, 0.2) is 5.16 Å². The van der Waals surface area contributed by atoms with Gasteiger partial charge in [0.1, 0.15) is 0 Å². The quantitative estimate of drug-likeness (QED) is 0.266. The molecular formula is C9H17NO2. The third kappa shape index (κ3) is 9.14. The molecule has 0 amide bonds. The number of hydrogen-bond donors (Lipinski definition) is 0. The Balaban J connectivity index is 3.08. The molecule has 0 unspecified atom stereocenters. The lowest BCUT2D eigenvalue weighted by molar-refractivity contribution is -0.140. The first-order valence-electron chi connectivity index (χ1n) is 4.46. The van der Waals surface area contributed by atoms with Gasteiger partial charge in [-0.25, -0.2) is 4.79 Å². The maximum atomic E-state index is 10.2. The van der Waals surface area contributed by atoms with E-state index < -0.39 is 0 Å². The molecule has 3 nitrogen and oxygen atoms in total. The summed E-state index contributed by atoms with van der Waals surface area (Å²) in [5.74, 6) is -0.361. The highest BCUT2D eigenvalue weighted by atomic mass is 16.7. The number of oxime groups is 1. The molecule has 70 valence electrons. The van der Waals surface area contributed by atoms with Crippen molar-refractivity contribution in [1.82, 2.24) is 0 Å². The second-order valence-corrected chi connectivity index (χ2v) is 2.72. The van der Waals surface area contributed by atoms with Gasteiger partial charge in [-0.2, -0.15) is 0 Å². The fourth-order valence-electron chi connectivity index (χ4n) is 0.827. The van der Waals surface area contributed by atoms with Gasteiger partial charge in [0, 0.05) is 13.1 Å². The van der Waals surface area contributed by atoms with Crippen LogP contribution in [0.5, 0.6) is 0 Å². The first-order chi connectivity index (χ1) is 5.77. The lowest BCUT2D eigenvalue weighted by atomic mass is 10.2. The van der Waals surface area contributed by atoms with E-state index >= 15 is 0 Å². The van der Waals surface area contributed by atoms with Gasteiger partial charge >= 0.3 is 5.97 Å². The van der Waals surface area contributed by atoms with Crippen LogP contribution in [0.3, 0.4) is 0 Å². The zero-order valence-corrected chi connectivity index (χ0v) is 7.88. The van der Waals surface area contributed by atoms with Gasteiger partial charge in [0.05, 0.1) is 0 Å². The van der Waals surface area contributed by atoms with Crippen LogP contribution in [0.25, 0.3) is 0 Å². The smallest absolute Gasteiger partial charge is 0.319 e. The summed E-state index contributed by atoms with van der Waals surface area (Å²) in [6, 6.07) is 0. The summed E-state index contributed by atoms with van der Waals surface area (Å²) in [4.78, 5) is 14.6. The molecule has 0 saturated heterocycles. The van der Waals surface area contributed by atoms with E-state index in [4.69, 9.17) is 0 Å². The molecule has 0 fully saturated rings. The van der Waals surface area contributed by atoms with Crippen molar-refractivity contribution in [2.24, 2.45) is 5.16 Å². The van der Waals surface area contributed by atoms with Crippen molar-refractivity contribution in [2.75, 3.05) is 0 Å². The molecule has 0 bridgehead atoms. The summed E-state index contributed by atoms with van der Waals surface area (Å²) in [6.07, 6.45) is 7.40. The average molecular weight is 171 g/mol. The molecule has 0 N–H and O–H groups in total. The molecule has 0 aromatic rings. The van der Waals surface area contributed by atoms with Gasteiger partial charge in [0.2, 0.25) is 0 Å². The normalized spacial score (nSPS) is 10.5. The molecule has 0 aliphatic heterocycles. The number of unbranched alkanes of at least 4 members (excludes halogenated alkanes) is 4. The predicted octanol–water partition coefficient (Wildman–Crippen LogP) is 2.51. The molecular weight excluding hydrogens is 154 g/mol. The molecule has 0 aromatic carbocycles. The Labute approximate surface area is 73.8 Å². The highest BCUT2D eigenvalue weighted by Gasteiger charge is 1.87. The van der Waals surface area contributed by atoms with E-state index in [1.807, 2.05) is 0 Å². The van der Waals surface area contributed by atoms with Gasteiger partial charge in [-0.15, -0.1) is 0 Å². The average Bonchev–Trinajstić information content (AvgIpc) is 2.02. The molecule has 0 atom stereocenters. The summed E-state index contributed by atoms with van der Waals surface area (Å²) in [5, 5.41) is 3.49. The van der Waals surface area contributed by atoms with Gasteiger partial charge < -0.3 is 4.84 Å². The first-order valence-corrected chi connectivity index (χ1v) is 4.46. The van der Waals surface area contributed by atoms with Crippen molar-refractivity contribution in [3.05, 3.63) is 0 Å². The van der Waals surface area contributed by atoms with Crippen molar-refractivity contribution < 1.29 is 9.63 Å². The second kappa shape index (κ2) is 8.24. The van der Waals surface area contributed by atoms with E-state index in [-0.39, 0.29) is 5.97 Å². The third-order valence-electron chi connectivity index (χ3n) is 1.44. The number of hydrogen-bond acceptors (Lipinski definition) is 3. The summed E-state index contributed by atoms with van der Waals surface area (Å²) in [5.41, 5.74) is 0.